The van der Waals surface area contributed by atoms with Crippen molar-refractivity contribution < 1.29 is 12.8 Å². The summed E-state index contributed by atoms with van der Waals surface area (Å²) in [5, 5.41) is 9.81. The van der Waals surface area contributed by atoms with Gasteiger partial charge in [0.05, 0.1) is 18.5 Å². The van der Waals surface area contributed by atoms with E-state index >= 15 is 0 Å². The Balaban J connectivity index is 1.73. The van der Waals surface area contributed by atoms with Crippen LogP contribution in [0.5, 0.6) is 0 Å². The number of aromatic nitrogens is 2. The van der Waals surface area contributed by atoms with Gasteiger partial charge in [-0.25, -0.2) is 8.42 Å². The Kier molecular flexibility index (Phi) is 3.83. The van der Waals surface area contributed by atoms with Crippen LogP contribution < -0.4 is 10.0 Å². The number of hydrogen-bond donors (Lipinski definition) is 3. The first-order valence-electron chi connectivity index (χ1n) is 6.87. The summed E-state index contributed by atoms with van der Waals surface area (Å²) in [6, 6.07) is 3.51. The first-order chi connectivity index (χ1) is 10.1. The molecule has 2 heterocycles. The lowest BCUT2D eigenvalue weighted by Gasteiger charge is -2.12. The molecule has 3 N–H and O–H groups in total. The van der Waals surface area contributed by atoms with Crippen molar-refractivity contribution >= 4 is 10.0 Å². The molecule has 8 heteroatoms. The highest BCUT2D eigenvalue weighted by Gasteiger charge is 2.26. The Bertz CT molecular complexity index is 689. The molecule has 114 valence electrons. The van der Waals surface area contributed by atoms with Crippen LogP contribution in [0.15, 0.2) is 34.0 Å². The van der Waals surface area contributed by atoms with Crippen molar-refractivity contribution in [2.75, 3.05) is 0 Å². The third kappa shape index (κ3) is 3.34. The van der Waals surface area contributed by atoms with Gasteiger partial charge in [0.25, 0.3) is 10.0 Å². The van der Waals surface area contributed by atoms with Gasteiger partial charge in [0.1, 0.15) is 5.76 Å². The summed E-state index contributed by atoms with van der Waals surface area (Å²) in [4.78, 5) is 0. The lowest BCUT2D eigenvalue weighted by molar-refractivity contribution is 0.458. The van der Waals surface area contributed by atoms with Crippen LogP contribution in [0.2, 0.25) is 0 Å². The summed E-state index contributed by atoms with van der Waals surface area (Å²) >= 11 is 0. The molecule has 1 aliphatic carbocycles. The van der Waals surface area contributed by atoms with Crippen LogP contribution in [-0.2, 0) is 16.6 Å². The molecule has 1 fully saturated rings. The maximum Gasteiger partial charge on any atom is 0.258 e. The smallest absolute Gasteiger partial charge is 0.258 e. The number of hydrogen-bond acceptors (Lipinski definition) is 5. The van der Waals surface area contributed by atoms with Crippen molar-refractivity contribution in [3.63, 3.8) is 0 Å². The Morgan fingerprint density at radius 2 is 2.33 bits per heavy atom. The van der Waals surface area contributed by atoms with Crippen molar-refractivity contribution in [2.24, 2.45) is 0 Å². The fourth-order valence-corrected chi connectivity index (χ4v) is 3.43. The van der Waals surface area contributed by atoms with Gasteiger partial charge in [-0.1, -0.05) is 0 Å². The molecule has 7 nitrogen and oxygen atoms in total. The van der Waals surface area contributed by atoms with Crippen molar-refractivity contribution in [1.29, 1.82) is 0 Å². The van der Waals surface area contributed by atoms with E-state index in [4.69, 9.17) is 4.42 Å². The van der Waals surface area contributed by atoms with Crippen LogP contribution in [-0.4, -0.2) is 24.7 Å². The summed E-state index contributed by atoms with van der Waals surface area (Å²) in [5.74, 6) is 0.566. The average molecular weight is 310 g/mol. The summed E-state index contributed by atoms with van der Waals surface area (Å²) in [6.07, 6.45) is 5.35. The molecular formula is C13H18N4O3S. The van der Waals surface area contributed by atoms with E-state index in [1.165, 1.54) is 6.26 Å². The topological polar surface area (TPSA) is 100 Å². The van der Waals surface area contributed by atoms with Gasteiger partial charge in [-0.05, 0) is 31.9 Å². The fourth-order valence-electron chi connectivity index (χ4n) is 2.09. The average Bonchev–Trinajstić information content (AvgIpc) is 2.95. The highest BCUT2D eigenvalue weighted by atomic mass is 32.2. The quantitative estimate of drug-likeness (QED) is 0.715. The maximum absolute atomic E-state index is 12.4. The van der Waals surface area contributed by atoms with Gasteiger partial charge in [0.15, 0.2) is 5.03 Å². The molecule has 2 aromatic rings. The predicted molar refractivity (Wildman–Crippen MR) is 75.9 cm³/mol. The van der Waals surface area contributed by atoms with Crippen LogP contribution in [0.3, 0.4) is 0 Å². The Labute approximate surface area is 123 Å². The zero-order valence-electron chi connectivity index (χ0n) is 11.7. The zero-order valence-corrected chi connectivity index (χ0v) is 12.5. The molecular weight excluding hydrogens is 292 g/mol. The normalized spacial score (nSPS) is 17.0. The summed E-state index contributed by atoms with van der Waals surface area (Å²) < 4.78 is 32.7. The number of nitrogens with zero attached hydrogens (tertiary/aromatic N) is 1. The Morgan fingerprint density at radius 3 is 3.00 bits per heavy atom. The second-order valence-electron chi connectivity index (χ2n) is 5.24. The monoisotopic (exact) mass is 310 g/mol. The third-order valence-electron chi connectivity index (χ3n) is 3.41. The molecule has 0 bridgehead atoms. The fraction of sp³-hybridized carbons (Fsp3) is 0.462. The molecule has 1 saturated carbocycles. The lowest BCUT2D eigenvalue weighted by atomic mass is 10.3. The molecule has 0 amide bonds. The minimum absolute atomic E-state index is 0.106. The Morgan fingerprint density at radius 1 is 1.52 bits per heavy atom. The van der Waals surface area contributed by atoms with Crippen molar-refractivity contribution in [3.05, 3.63) is 35.9 Å². The van der Waals surface area contributed by atoms with E-state index in [0.29, 0.717) is 23.9 Å². The van der Waals surface area contributed by atoms with E-state index < -0.39 is 16.1 Å². The van der Waals surface area contributed by atoms with Gasteiger partial charge in [0.2, 0.25) is 0 Å². The highest BCUT2D eigenvalue weighted by molar-refractivity contribution is 7.89. The van der Waals surface area contributed by atoms with E-state index in [1.807, 2.05) is 0 Å². The van der Waals surface area contributed by atoms with Crippen LogP contribution in [0.1, 0.15) is 37.1 Å². The SMILES string of the molecule is CC(NS(=O)(=O)c1[nH]ncc1CNC1CC1)c1ccco1. The summed E-state index contributed by atoms with van der Waals surface area (Å²) in [6.45, 7) is 2.22. The zero-order chi connectivity index (χ0) is 14.9. The number of rotatable bonds is 7. The molecule has 1 unspecified atom stereocenters. The minimum atomic E-state index is -3.67. The molecule has 21 heavy (non-hydrogen) atoms. The predicted octanol–water partition coefficient (Wildman–Crippen LogP) is 1.29. The van der Waals surface area contributed by atoms with Crippen LogP contribution in [0.25, 0.3) is 0 Å². The van der Waals surface area contributed by atoms with Crippen molar-refractivity contribution in [2.45, 2.75) is 43.4 Å². The second kappa shape index (κ2) is 5.63. The van der Waals surface area contributed by atoms with E-state index in [9.17, 15) is 8.42 Å². The van der Waals surface area contributed by atoms with Gasteiger partial charge in [-0.3, -0.25) is 5.10 Å². The number of nitrogens with one attached hydrogen (secondary N) is 3. The maximum atomic E-state index is 12.4. The van der Waals surface area contributed by atoms with Crippen LogP contribution in [0.4, 0.5) is 0 Å². The third-order valence-corrected chi connectivity index (χ3v) is 4.96. The number of furan rings is 1. The van der Waals surface area contributed by atoms with E-state index in [1.54, 1.807) is 25.3 Å². The molecule has 0 aliphatic heterocycles. The molecule has 0 radical (unpaired) electrons. The molecule has 2 aromatic heterocycles. The van der Waals surface area contributed by atoms with Gasteiger partial charge in [-0.2, -0.15) is 9.82 Å². The van der Waals surface area contributed by atoms with Gasteiger partial charge < -0.3 is 9.73 Å². The molecule has 0 spiro atoms. The summed E-state index contributed by atoms with van der Waals surface area (Å²) in [5.41, 5.74) is 0.640. The molecule has 1 aliphatic rings. The van der Waals surface area contributed by atoms with E-state index in [0.717, 1.165) is 12.8 Å². The molecule has 3 rings (SSSR count). The van der Waals surface area contributed by atoms with E-state index in [-0.39, 0.29) is 5.03 Å². The Hall–Kier alpha value is -1.64. The first-order valence-corrected chi connectivity index (χ1v) is 8.36. The van der Waals surface area contributed by atoms with Crippen LogP contribution in [0, 0.1) is 0 Å². The molecule has 0 aromatic carbocycles. The standard InChI is InChI=1S/C13H18N4O3S/c1-9(12-3-2-6-20-12)17-21(18,19)13-10(8-15-16-13)7-14-11-4-5-11/h2-3,6,8-9,11,14,17H,4-5,7H2,1H3,(H,15,16). The summed E-state index contributed by atoms with van der Waals surface area (Å²) in [7, 11) is -3.67. The van der Waals surface area contributed by atoms with Gasteiger partial charge in [-0.15, -0.1) is 0 Å². The second-order valence-corrected chi connectivity index (χ2v) is 6.89. The first kappa shape index (κ1) is 14.3. The number of aromatic amines is 1. The molecule has 0 saturated heterocycles. The number of H-pyrrole nitrogens is 1. The van der Waals surface area contributed by atoms with Crippen molar-refractivity contribution in [1.82, 2.24) is 20.2 Å². The number of sulfonamides is 1. The van der Waals surface area contributed by atoms with Crippen LogP contribution >= 0.6 is 0 Å². The van der Waals surface area contributed by atoms with Gasteiger partial charge in [0, 0.05) is 18.2 Å². The largest absolute Gasteiger partial charge is 0.468 e. The highest BCUT2D eigenvalue weighted by Crippen LogP contribution is 2.21. The van der Waals surface area contributed by atoms with Gasteiger partial charge >= 0.3 is 0 Å². The van der Waals surface area contributed by atoms with E-state index in [2.05, 4.69) is 20.2 Å². The molecule has 1 atom stereocenters. The van der Waals surface area contributed by atoms with Crippen molar-refractivity contribution in [3.8, 4) is 0 Å². The lowest BCUT2D eigenvalue weighted by Crippen LogP contribution is -2.28. The minimum Gasteiger partial charge on any atom is -0.468 e.